The number of hydrogen-bond donors (Lipinski definition) is 2. The average molecular weight is 468 g/mol. The zero-order chi connectivity index (χ0) is 23.8. The van der Waals surface area contributed by atoms with Crippen LogP contribution < -0.4 is 5.56 Å². The Kier molecular flexibility index (Phi) is 5.56. The van der Waals surface area contributed by atoms with Gasteiger partial charge in [0, 0.05) is 40.6 Å². The topological polar surface area (TPSA) is 70.9 Å². The van der Waals surface area contributed by atoms with E-state index in [9.17, 15) is 9.90 Å². The van der Waals surface area contributed by atoms with E-state index in [1.54, 1.807) is 18.5 Å². The molecular weight excluding hydrogens is 446 g/mol. The predicted octanol–water partition coefficient (Wildman–Crippen LogP) is 6.85. The largest absolute Gasteiger partial charge is 0.508 e. The summed E-state index contributed by atoms with van der Waals surface area (Å²) in [6, 6.07) is 21.5. The molecule has 0 unspecified atom stereocenters. The number of nitrogens with one attached hydrogen (secondary N) is 1. The fourth-order valence-corrected chi connectivity index (χ4v) is 4.38. The van der Waals surface area contributed by atoms with Crippen molar-refractivity contribution in [3.63, 3.8) is 0 Å². The number of aliphatic hydroxyl groups excluding tert-OH is 1. The maximum absolute atomic E-state index is 11.7. The molecule has 34 heavy (non-hydrogen) atoms. The zero-order valence-corrected chi connectivity index (χ0v) is 19.3. The van der Waals surface area contributed by atoms with Crippen molar-refractivity contribution < 1.29 is 5.11 Å². The van der Waals surface area contributed by atoms with Gasteiger partial charge in [0.2, 0.25) is 0 Å². The van der Waals surface area contributed by atoms with Crippen molar-refractivity contribution in [2.24, 2.45) is 0 Å². The Morgan fingerprint density at radius 3 is 2.50 bits per heavy atom. The number of rotatable bonds is 5. The molecular formula is C28H22ClN3O2. The lowest BCUT2D eigenvalue weighted by Crippen LogP contribution is -2.07. The lowest BCUT2D eigenvalue weighted by Gasteiger charge is -2.15. The van der Waals surface area contributed by atoms with Gasteiger partial charge in [-0.2, -0.15) is 0 Å². The summed E-state index contributed by atoms with van der Waals surface area (Å²) in [6.07, 6.45) is 5.61. The first-order chi connectivity index (χ1) is 16.4. The number of pyridine rings is 2. The number of halogens is 1. The fourth-order valence-electron chi connectivity index (χ4n) is 4.21. The quantitative estimate of drug-likeness (QED) is 0.278. The van der Waals surface area contributed by atoms with Gasteiger partial charge in [-0.25, -0.2) is 0 Å². The minimum Gasteiger partial charge on any atom is -0.508 e. The first-order valence-electron chi connectivity index (χ1n) is 10.8. The molecule has 5 nitrogen and oxygen atoms in total. The summed E-state index contributed by atoms with van der Waals surface area (Å²) in [7, 11) is 0. The van der Waals surface area contributed by atoms with Gasteiger partial charge < -0.3 is 14.7 Å². The van der Waals surface area contributed by atoms with E-state index in [4.69, 9.17) is 11.6 Å². The molecule has 0 bridgehead atoms. The monoisotopic (exact) mass is 467 g/mol. The molecule has 3 aromatic heterocycles. The van der Waals surface area contributed by atoms with E-state index < -0.39 is 0 Å². The Hall–Kier alpha value is -4.09. The number of aliphatic hydroxyl groups is 1. The van der Waals surface area contributed by atoms with Crippen molar-refractivity contribution in [1.29, 1.82) is 0 Å². The second-order valence-electron chi connectivity index (χ2n) is 8.20. The minimum absolute atomic E-state index is 0.0108. The van der Waals surface area contributed by atoms with Crippen LogP contribution in [0.4, 0.5) is 0 Å². The Morgan fingerprint density at radius 2 is 1.82 bits per heavy atom. The molecule has 0 saturated carbocycles. The van der Waals surface area contributed by atoms with Crippen LogP contribution in [0.25, 0.3) is 38.9 Å². The van der Waals surface area contributed by atoms with Gasteiger partial charge in [-0.05, 0) is 47.9 Å². The maximum Gasteiger partial charge on any atom is 0.266 e. The van der Waals surface area contributed by atoms with Gasteiger partial charge in [-0.15, -0.1) is 0 Å². The third kappa shape index (κ3) is 3.91. The summed E-state index contributed by atoms with van der Waals surface area (Å²) in [4.78, 5) is 19.0. The highest BCUT2D eigenvalue weighted by atomic mass is 35.5. The van der Waals surface area contributed by atoms with Gasteiger partial charge in [0.25, 0.3) is 5.56 Å². The molecule has 3 heterocycles. The molecule has 0 fully saturated rings. The third-order valence-corrected chi connectivity index (χ3v) is 6.37. The Bertz CT molecular complexity index is 1570. The van der Waals surface area contributed by atoms with Crippen molar-refractivity contribution in [2.75, 3.05) is 0 Å². The van der Waals surface area contributed by atoms with Gasteiger partial charge in [0.1, 0.15) is 10.8 Å². The lowest BCUT2D eigenvalue weighted by atomic mass is 10.0. The van der Waals surface area contributed by atoms with Crippen LogP contribution in [0.3, 0.4) is 0 Å². The first kappa shape index (κ1) is 21.7. The number of benzene rings is 2. The number of nitrogens with zero attached hydrogens (tertiary/aromatic N) is 2. The zero-order valence-electron chi connectivity index (χ0n) is 18.5. The molecule has 5 rings (SSSR count). The van der Waals surface area contributed by atoms with Crippen molar-refractivity contribution >= 4 is 28.3 Å². The lowest BCUT2D eigenvalue weighted by molar-refractivity contribution is 0.514. The smallest absolute Gasteiger partial charge is 0.266 e. The normalized spacial score (nSPS) is 12.1. The number of aromatic nitrogens is 3. The van der Waals surface area contributed by atoms with Gasteiger partial charge in [-0.1, -0.05) is 60.6 Å². The SMILES string of the molecule is C=C(O)c1ccc(-c2cn([C@@H](C)c3ccccn3)c3cc(-c4c[nH]c(=O)c(Cl)c4)ccc23)cc1. The predicted molar refractivity (Wildman–Crippen MR) is 138 cm³/mol. The summed E-state index contributed by atoms with van der Waals surface area (Å²) < 4.78 is 2.21. The Labute approximate surface area is 201 Å². The van der Waals surface area contributed by atoms with E-state index in [1.165, 1.54) is 0 Å². The summed E-state index contributed by atoms with van der Waals surface area (Å²) in [6.45, 7) is 5.72. The first-order valence-corrected chi connectivity index (χ1v) is 11.2. The number of hydrogen-bond acceptors (Lipinski definition) is 3. The van der Waals surface area contributed by atoms with Crippen molar-refractivity contribution in [1.82, 2.24) is 14.5 Å². The maximum atomic E-state index is 11.7. The molecule has 6 heteroatoms. The summed E-state index contributed by atoms with van der Waals surface area (Å²) in [5.74, 6) is 0.0435. The molecule has 0 spiro atoms. The molecule has 0 amide bonds. The Morgan fingerprint density at radius 1 is 1.06 bits per heavy atom. The van der Waals surface area contributed by atoms with Crippen LogP contribution in [0.1, 0.15) is 24.2 Å². The van der Waals surface area contributed by atoms with Crippen molar-refractivity contribution in [3.8, 4) is 22.3 Å². The van der Waals surface area contributed by atoms with Crippen LogP contribution in [0.2, 0.25) is 5.02 Å². The van der Waals surface area contributed by atoms with Crippen LogP contribution in [-0.4, -0.2) is 19.6 Å². The summed E-state index contributed by atoms with van der Waals surface area (Å²) >= 11 is 6.08. The number of fused-ring (bicyclic) bond motifs is 1. The van der Waals surface area contributed by atoms with Gasteiger partial charge in [0.15, 0.2) is 0 Å². The molecule has 2 aromatic carbocycles. The number of aromatic amines is 1. The second-order valence-corrected chi connectivity index (χ2v) is 8.61. The third-order valence-electron chi connectivity index (χ3n) is 6.09. The standard InChI is InChI=1S/C28H22ClN3O2/c1-17(26-5-3-4-12-30-26)32-16-24(20-8-6-19(7-9-20)18(2)33)23-11-10-21(14-27(23)32)22-13-25(29)28(34)31-15-22/h3-17,33H,2H2,1H3,(H,31,34)/t17-/m0/s1. The van der Waals surface area contributed by atoms with Gasteiger partial charge in [-0.3, -0.25) is 9.78 Å². The highest BCUT2D eigenvalue weighted by Crippen LogP contribution is 2.36. The van der Waals surface area contributed by atoms with Gasteiger partial charge >= 0.3 is 0 Å². The van der Waals surface area contributed by atoms with Crippen LogP contribution in [0.15, 0.2) is 96.7 Å². The second kappa shape index (κ2) is 8.69. The molecule has 168 valence electrons. The van der Waals surface area contributed by atoms with Crippen LogP contribution in [-0.2, 0) is 0 Å². The van der Waals surface area contributed by atoms with E-state index in [-0.39, 0.29) is 22.4 Å². The van der Waals surface area contributed by atoms with Crippen LogP contribution in [0.5, 0.6) is 0 Å². The molecule has 0 saturated heterocycles. The van der Waals surface area contributed by atoms with E-state index in [2.05, 4.69) is 46.4 Å². The van der Waals surface area contributed by atoms with Crippen LogP contribution >= 0.6 is 11.6 Å². The molecule has 0 radical (unpaired) electrons. The highest BCUT2D eigenvalue weighted by Gasteiger charge is 2.17. The molecule has 2 N–H and O–H groups in total. The fraction of sp³-hybridized carbons (Fsp3) is 0.0714. The van der Waals surface area contributed by atoms with E-state index in [1.807, 2.05) is 48.5 Å². The number of H-pyrrole nitrogens is 1. The molecule has 1 atom stereocenters. The van der Waals surface area contributed by atoms with Crippen molar-refractivity contribution in [3.05, 3.63) is 119 Å². The average Bonchev–Trinajstić information content (AvgIpc) is 3.24. The van der Waals surface area contributed by atoms with E-state index in [0.29, 0.717) is 5.56 Å². The highest BCUT2D eigenvalue weighted by molar-refractivity contribution is 6.30. The molecule has 0 aliphatic carbocycles. The van der Waals surface area contributed by atoms with E-state index >= 15 is 0 Å². The summed E-state index contributed by atoms with van der Waals surface area (Å²) in [5, 5.41) is 10.9. The van der Waals surface area contributed by atoms with Gasteiger partial charge in [0.05, 0.1) is 11.7 Å². The molecule has 0 aliphatic rings. The van der Waals surface area contributed by atoms with Crippen molar-refractivity contribution in [2.45, 2.75) is 13.0 Å². The Balaban J connectivity index is 1.71. The molecule has 5 aromatic rings. The summed E-state index contributed by atoms with van der Waals surface area (Å²) in [5.41, 5.74) is 6.23. The van der Waals surface area contributed by atoms with E-state index in [0.717, 1.165) is 38.9 Å². The molecule has 0 aliphatic heterocycles. The van der Waals surface area contributed by atoms with Crippen LogP contribution in [0, 0.1) is 0 Å². The minimum atomic E-state index is -0.310.